The second-order valence-corrected chi connectivity index (χ2v) is 25.6. The summed E-state index contributed by atoms with van der Waals surface area (Å²) in [6.45, 7) is 35.4. The van der Waals surface area contributed by atoms with Crippen LogP contribution in [0.15, 0.2) is 103 Å². The minimum absolute atomic E-state index is 0.00204. The van der Waals surface area contributed by atoms with Gasteiger partial charge >= 0.3 is 0 Å². The molecule has 6 heterocycles. The molecule has 1 aliphatic carbocycles. The molecule has 0 fully saturated rings. The fraction of sp³-hybridized carbons (Fsp3) is 0.355. The second kappa shape index (κ2) is 11.8. The monoisotopic (exact) mass is 850 g/mol. The number of benzene rings is 6. The zero-order chi connectivity index (χ0) is 45.6. The van der Waals surface area contributed by atoms with Crippen molar-refractivity contribution in [3.05, 3.63) is 136 Å². The summed E-state index contributed by atoms with van der Waals surface area (Å²) in [6.07, 6.45) is 5.21. The summed E-state index contributed by atoms with van der Waals surface area (Å²) in [7, 11) is 0. The Kier molecular flexibility index (Phi) is 7.16. The standard InChI is InChI=1S/C62H63N3/c1-58(2,3)32-16-18-49-37(20-32)43-22-34(60(7,8)9)24-45-39-30-53-41(28-51(39)63(49)55(43)45)47-26-36(62(13,14)15)27-48-42-29-52-40(31-54(42)65(53)57(47)48)46-25-35(61(10,11)12)23-44-38-21-33(59(4,5)6)17-19-50(38)64(52)56(44)46/h16-31,47,57H,1-15H3. The van der Waals surface area contributed by atoms with E-state index in [2.05, 4.69) is 215 Å². The zero-order valence-corrected chi connectivity index (χ0v) is 41.2. The van der Waals surface area contributed by atoms with Gasteiger partial charge in [0.2, 0.25) is 0 Å². The lowest BCUT2D eigenvalue weighted by Gasteiger charge is -2.31. The average molecular weight is 850 g/mol. The number of hydrogen-bond acceptors (Lipinski definition) is 1. The molecule has 0 N–H and O–H groups in total. The van der Waals surface area contributed by atoms with Crippen LogP contribution in [0.3, 0.4) is 0 Å². The van der Waals surface area contributed by atoms with Crippen molar-refractivity contribution in [2.24, 2.45) is 5.41 Å². The number of hydrogen-bond donors (Lipinski definition) is 0. The highest BCUT2D eigenvalue weighted by atomic mass is 15.2. The summed E-state index contributed by atoms with van der Waals surface area (Å²) in [5.41, 5.74) is 22.1. The largest absolute Gasteiger partial charge is 0.332 e. The first-order valence-corrected chi connectivity index (χ1v) is 24.3. The van der Waals surface area contributed by atoms with Crippen LogP contribution in [0.25, 0.3) is 81.8 Å². The van der Waals surface area contributed by atoms with Crippen molar-refractivity contribution in [1.29, 1.82) is 0 Å². The SMILES string of the molecule is CC(C)(C)C1=CC2c3cc4c(cc3N3c5cc6c7cc(C(C)(C)C)cc8c9cc(C(C)(C)C)ccc9n(c6cc5C(=C1)C23)c87)c1cc(C(C)(C)C)cc2c3cc(C(C)(C)C)ccc3n4c21. The maximum absolute atomic E-state index is 2.76. The van der Waals surface area contributed by atoms with Gasteiger partial charge in [-0.3, -0.25) is 0 Å². The molecule has 10 aromatic rings. The van der Waals surface area contributed by atoms with Crippen LogP contribution in [0.4, 0.5) is 11.4 Å². The minimum atomic E-state index is 0.00204. The molecule has 6 aromatic carbocycles. The van der Waals surface area contributed by atoms with Crippen molar-refractivity contribution in [3.63, 3.8) is 0 Å². The number of rotatable bonds is 0. The highest BCUT2D eigenvalue weighted by Crippen LogP contribution is 2.62. The van der Waals surface area contributed by atoms with Crippen molar-refractivity contribution in [2.75, 3.05) is 4.90 Å². The van der Waals surface area contributed by atoms with Crippen molar-refractivity contribution in [2.45, 2.75) is 137 Å². The summed E-state index contributed by atoms with van der Waals surface area (Å²) in [5, 5.41) is 10.9. The van der Waals surface area contributed by atoms with E-state index >= 15 is 0 Å². The quantitative estimate of drug-likeness (QED) is 0.148. The van der Waals surface area contributed by atoms with Crippen LogP contribution in [0.1, 0.15) is 143 Å². The van der Waals surface area contributed by atoms with E-state index in [0.717, 1.165) is 0 Å². The molecule has 0 bridgehead atoms. The van der Waals surface area contributed by atoms with Crippen LogP contribution < -0.4 is 4.90 Å². The van der Waals surface area contributed by atoms with Crippen molar-refractivity contribution in [3.8, 4) is 0 Å². The van der Waals surface area contributed by atoms with Crippen molar-refractivity contribution >= 4 is 93.1 Å². The van der Waals surface area contributed by atoms with Crippen LogP contribution in [0, 0.1) is 5.41 Å². The summed E-state index contributed by atoms with van der Waals surface area (Å²) in [4.78, 5) is 2.76. The molecule has 2 atom stereocenters. The van der Waals surface area contributed by atoms with Gasteiger partial charge in [0, 0.05) is 60.3 Å². The molecule has 3 heteroatoms. The van der Waals surface area contributed by atoms with Gasteiger partial charge in [-0.15, -0.1) is 0 Å². The molecule has 326 valence electrons. The summed E-state index contributed by atoms with van der Waals surface area (Å²) in [5.74, 6) is 0.236. The Morgan fingerprint density at radius 2 is 0.800 bits per heavy atom. The molecule has 3 nitrogen and oxygen atoms in total. The summed E-state index contributed by atoms with van der Waals surface area (Å²) < 4.78 is 5.22. The fourth-order valence-electron chi connectivity index (χ4n) is 12.4. The number of nitrogens with zero attached hydrogens (tertiary/aromatic N) is 3. The molecular formula is C62H63N3. The van der Waals surface area contributed by atoms with Gasteiger partial charge in [0.15, 0.2) is 0 Å². The topological polar surface area (TPSA) is 12.1 Å². The number of aromatic nitrogens is 2. The molecule has 3 aliphatic rings. The highest BCUT2D eigenvalue weighted by Gasteiger charge is 2.49. The second-order valence-electron chi connectivity index (χ2n) is 25.6. The smallest absolute Gasteiger partial charge is 0.0702 e. The van der Waals surface area contributed by atoms with Gasteiger partial charge in [0.05, 0.1) is 44.8 Å². The molecule has 4 aromatic heterocycles. The summed E-state index contributed by atoms with van der Waals surface area (Å²) >= 11 is 0. The van der Waals surface area contributed by atoms with E-state index in [0.29, 0.717) is 0 Å². The van der Waals surface area contributed by atoms with Crippen LogP contribution in [0.5, 0.6) is 0 Å². The maximum Gasteiger partial charge on any atom is 0.0702 e. The van der Waals surface area contributed by atoms with Gasteiger partial charge in [-0.25, -0.2) is 0 Å². The average Bonchev–Trinajstić information content (AvgIpc) is 4.04. The number of allylic oxidation sites excluding steroid dienone is 2. The zero-order valence-electron chi connectivity index (χ0n) is 41.2. The number of anilines is 2. The first kappa shape index (κ1) is 39.6. The van der Waals surface area contributed by atoms with Crippen molar-refractivity contribution in [1.82, 2.24) is 8.80 Å². The van der Waals surface area contributed by atoms with Gasteiger partial charge in [0.25, 0.3) is 0 Å². The molecule has 65 heavy (non-hydrogen) atoms. The molecule has 13 rings (SSSR count). The normalized spacial score (nSPS) is 18.2. The van der Waals surface area contributed by atoms with E-state index in [1.165, 1.54) is 132 Å². The Morgan fingerprint density at radius 3 is 1.25 bits per heavy atom. The van der Waals surface area contributed by atoms with Crippen LogP contribution in [-0.4, -0.2) is 14.8 Å². The molecular weight excluding hydrogens is 787 g/mol. The predicted molar refractivity (Wildman–Crippen MR) is 281 cm³/mol. The van der Waals surface area contributed by atoms with Gasteiger partial charge < -0.3 is 13.7 Å². The highest BCUT2D eigenvalue weighted by molar-refractivity contribution is 6.26. The first-order chi connectivity index (χ1) is 30.4. The minimum Gasteiger partial charge on any atom is -0.332 e. The van der Waals surface area contributed by atoms with Gasteiger partial charge in [-0.1, -0.05) is 128 Å². The third-order valence-electron chi connectivity index (χ3n) is 16.2. The third kappa shape index (κ3) is 5.08. The van der Waals surface area contributed by atoms with Gasteiger partial charge in [-0.2, -0.15) is 0 Å². The van der Waals surface area contributed by atoms with Crippen LogP contribution >= 0.6 is 0 Å². The van der Waals surface area contributed by atoms with Gasteiger partial charge in [-0.05, 0) is 139 Å². The lowest BCUT2D eigenvalue weighted by Crippen LogP contribution is -2.28. The Morgan fingerprint density at radius 1 is 0.385 bits per heavy atom. The van der Waals surface area contributed by atoms with E-state index in [1.807, 2.05) is 0 Å². The van der Waals surface area contributed by atoms with Crippen LogP contribution in [-0.2, 0) is 21.7 Å². The Hall–Kier alpha value is -5.80. The molecule has 2 aliphatic heterocycles. The van der Waals surface area contributed by atoms with E-state index in [9.17, 15) is 0 Å². The molecule has 0 saturated heterocycles. The summed E-state index contributed by atoms with van der Waals surface area (Å²) in [6, 6.07) is 35.1. The lowest BCUT2D eigenvalue weighted by molar-refractivity contribution is 0.509. The van der Waals surface area contributed by atoms with E-state index < -0.39 is 0 Å². The predicted octanol–water partition coefficient (Wildman–Crippen LogP) is 17.2. The molecule has 0 amide bonds. The van der Waals surface area contributed by atoms with E-state index in [4.69, 9.17) is 0 Å². The fourth-order valence-corrected chi connectivity index (χ4v) is 12.4. The Balaban J connectivity index is 1.13. The van der Waals surface area contributed by atoms with E-state index in [1.54, 1.807) is 0 Å². The van der Waals surface area contributed by atoms with Crippen LogP contribution in [0.2, 0.25) is 0 Å². The first-order valence-electron chi connectivity index (χ1n) is 24.3. The Bertz CT molecular complexity index is 3840. The molecule has 0 spiro atoms. The Labute approximate surface area is 384 Å². The lowest BCUT2D eigenvalue weighted by atomic mass is 9.75. The van der Waals surface area contributed by atoms with E-state index in [-0.39, 0.29) is 39.0 Å². The van der Waals surface area contributed by atoms with Crippen molar-refractivity contribution < 1.29 is 0 Å². The van der Waals surface area contributed by atoms with Gasteiger partial charge in [0.1, 0.15) is 0 Å². The number of fused-ring (bicyclic) bond motifs is 18. The molecule has 2 unspecified atom stereocenters. The molecule has 0 radical (unpaired) electrons. The third-order valence-corrected chi connectivity index (χ3v) is 16.2. The maximum atomic E-state index is 2.76. The molecule has 0 saturated carbocycles.